The maximum atomic E-state index is 12.6. The predicted octanol–water partition coefficient (Wildman–Crippen LogP) is 4.48. The lowest BCUT2D eigenvalue weighted by Gasteiger charge is -2.20. The van der Waals surface area contributed by atoms with Gasteiger partial charge >= 0.3 is 0 Å². The summed E-state index contributed by atoms with van der Waals surface area (Å²) in [6.45, 7) is 0.255. The normalized spacial score (nSPS) is 11.4. The van der Waals surface area contributed by atoms with Gasteiger partial charge in [-0.3, -0.25) is 9.59 Å². The van der Waals surface area contributed by atoms with Gasteiger partial charge in [0.05, 0.1) is 13.2 Å². The fourth-order valence-electron chi connectivity index (χ4n) is 3.03. The molecule has 0 aliphatic carbocycles. The van der Waals surface area contributed by atoms with Crippen LogP contribution in [0.15, 0.2) is 83.3 Å². The number of benzene rings is 3. The second-order valence-corrected chi connectivity index (χ2v) is 7.61. The molecule has 1 atom stereocenters. The summed E-state index contributed by atoms with van der Waals surface area (Å²) < 4.78 is 6.13. The van der Waals surface area contributed by atoms with Crippen LogP contribution in [-0.2, 0) is 4.79 Å². The van der Waals surface area contributed by atoms with E-state index in [0.717, 1.165) is 21.3 Å². The molecule has 5 nitrogen and oxygen atoms in total. The topological polar surface area (TPSA) is 67.4 Å². The number of nitrogens with one attached hydrogen (secondary N) is 2. The number of hydrogen-bond donors (Lipinski definition) is 2. The summed E-state index contributed by atoms with van der Waals surface area (Å²) in [5.41, 5.74) is 2.49. The molecule has 0 fully saturated rings. The number of amides is 2. The quantitative estimate of drug-likeness (QED) is 0.513. The second-order valence-electron chi connectivity index (χ2n) is 6.70. The van der Waals surface area contributed by atoms with E-state index in [9.17, 15) is 9.59 Å². The largest absolute Gasteiger partial charge is 0.497 e. The molecule has 1 unspecified atom stereocenters. The van der Waals surface area contributed by atoms with Gasteiger partial charge in [-0.15, -0.1) is 0 Å². The van der Waals surface area contributed by atoms with Crippen molar-refractivity contribution in [3.63, 3.8) is 0 Å². The van der Waals surface area contributed by atoms with Crippen LogP contribution in [0.4, 0.5) is 0 Å². The molecule has 0 spiro atoms. The molecule has 3 rings (SSSR count). The Bertz CT molecular complexity index is 974. The van der Waals surface area contributed by atoms with E-state index in [1.807, 2.05) is 54.6 Å². The van der Waals surface area contributed by atoms with Gasteiger partial charge in [-0.1, -0.05) is 58.4 Å². The van der Waals surface area contributed by atoms with E-state index in [1.54, 1.807) is 31.4 Å². The molecule has 6 heteroatoms. The zero-order valence-corrected chi connectivity index (χ0v) is 18.2. The maximum Gasteiger partial charge on any atom is 0.251 e. The number of carbonyl (C=O) groups is 2. The first kappa shape index (κ1) is 21.6. The Hall–Kier alpha value is -3.12. The van der Waals surface area contributed by atoms with Gasteiger partial charge < -0.3 is 15.4 Å². The van der Waals surface area contributed by atoms with Crippen molar-refractivity contribution in [3.05, 3.63) is 100 Å². The molecule has 0 saturated heterocycles. The van der Waals surface area contributed by atoms with Crippen LogP contribution in [0.2, 0.25) is 0 Å². The highest BCUT2D eigenvalue weighted by Gasteiger charge is 2.17. The van der Waals surface area contributed by atoms with Gasteiger partial charge in [0, 0.05) is 23.0 Å². The van der Waals surface area contributed by atoms with Crippen LogP contribution < -0.4 is 15.4 Å². The Balaban J connectivity index is 1.61. The summed E-state index contributed by atoms with van der Waals surface area (Å²) in [5, 5.41) is 5.86. The minimum Gasteiger partial charge on any atom is -0.497 e. The van der Waals surface area contributed by atoms with Crippen molar-refractivity contribution in [1.82, 2.24) is 10.6 Å². The van der Waals surface area contributed by atoms with Crippen LogP contribution in [0.3, 0.4) is 0 Å². The SMILES string of the molecule is COc1ccc(C(NC(=O)CCNC(=O)c2ccc(Br)cc2)c2ccccc2)cc1. The molecule has 2 amide bonds. The highest BCUT2D eigenvalue weighted by molar-refractivity contribution is 9.10. The van der Waals surface area contributed by atoms with Gasteiger partial charge in [-0.2, -0.15) is 0 Å². The second kappa shape index (κ2) is 10.6. The highest BCUT2D eigenvalue weighted by Crippen LogP contribution is 2.24. The van der Waals surface area contributed by atoms with Crippen molar-refractivity contribution >= 4 is 27.7 Å². The fraction of sp³-hybridized carbons (Fsp3) is 0.167. The molecule has 3 aromatic carbocycles. The standard InChI is InChI=1S/C24H23BrN2O3/c1-30-21-13-9-18(10-14-21)23(17-5-3-2-4-6-17)27-22(28)15-16-26-24(29)19-7-11-20(25)12-8-19/h2-14,23H,15-16H2,1H3,(H,26,29)(H,27,28). The molecule has 3 aromatic rings. The van der Waals surface area contributed by atoms with Crippen molar-refractivity contribution in [2.75, 3.05) is 13.7 Å². The molecule has 0 bridgehead atoms. The van der Waals surface area contributed by atoms with Crippen molar-refractivity contribution < 1.29 is 14.3 Å². The molecule has 0 heterocycles. The van der Waals surface area contributed by atoms with Crippen LogP contribution in [0.25, 0.3) is 0 Å². The summed E-state index contributed by atoms with van der Waals surface area (Å²) in [5.74, 6) is 0.411. The minimum atomic E-state index is -0.285. The number of carbonyl (C=O) groups excluding carboxylic acids is 2. The van der Waals surface area contributed by atoms with Crippen molar-refractivity contribution in [1.29, 1.82) is 0 Å². The van der Waals surface area contributed by atoms with Crippen LogP contribution in [-0.4, -0.2) is 25.5 Å². The van der Waals surface area contributed by atoms with Crippen molar-refractivity contribution in [2.24, 2.45) is 0 Å². The Morgan fingerprint density at radius 3 is 2.17 bits per heavy atom. The van der Waals surface area contributed by atoms with Gasteiger partial charge in [0.15, 0.2) is 0 Å². The minimum absolute atomic E-state index is 0.143. The van der Waals surface area contributed by atoms with Gasteiger partial charge in [0.25, 0.3) is 5.91 Å². The fourth-order valence-corrected chi connectivity index (χ4v) is 3.29. The van der Waals surface area contributed by atoms with E-state index in [2.05, 4.69) is 26.6 Å². The van der Waals surface area contributed by atoms with Crippen LogP contribution in [0.1, 0.15) is 33.9 Å². The van der Waals surface area contributed by atoms with Gasteiger partial charge in [0.2, 0.25) is 5.91 Å². The van der Waals surface area contributed by atoms with Crippen LogP contribution in [0.5, 0.6) is 5.75 Å². The number of rotatable bonds is 8. The van der Waals surface area contributed by atoms with E-state index in [0.29, 0.717) is 5.56 Å². The molecule has 0 aliphatic heterocycles. The maximum absolute atomic E-state index is 12.6. The molecule has 0 aromatic heterocycles. The predicted molar refractivity (Wildman–Crippen MR) is 121 cm³/mol. The summed E-state index contributed by atoms with van der Waals surface area (Å²) in [7, 11) is 1.62. The monoisotopic (exact) mass is 466 g/mol. The molecule has 2 N–H and O–H groups in total. The molecular formula is C24H23BrN2O3. The zero-order valence-electron chi connectivity index (χ0n) is 16.6. The third-order valence-electron chi connectivity index (χ3n) is 4.63. The van der Waals surface area contributed by atoms with Crippen LogP contribution in [0, 0.1) is 0 Å². The number of halogens is 1. The molecule has 154 valence electrons. The van der Waals surface area contributed by atoms with E-state index < -0.39 is 0 Å². The Morgan fingerprint density at radius 1 is 0.900 bits per heavy atom. The van der Waals surface area contributed by atoms with E-state index in [1.165, 1.54) is 0 Å². The third kappa shape index (κ3) is 5.94. The number of methoxy groups -OCH3 is 1. The summed E-state index contributed by atoms with van der Waals surface area (Å²) >= 11 is 3.34. The lowest BCUT2D eigenvalue weighted by atomic mass is 9.98. The highest BCUT2D eigenvalue weighted by atomic mass is 79.9. The third-order valence-corrected chi connectivity index (χ3v) is 5.16. The number of hydrogen-bond acceptors (Lipinski definition) is 3. The molecule has 0 radical (unpaired) electrons. The molecule has 0 aliphatic rings. The average molecular weight is 467 g/mol. The smallest absolute Gasteiger partial charge is 0.251 e. The van der Waals surface area contributed by atoms with Crippen molar-refractivity contribution in [2.45, 2.75) is 12.5 Å². The van der Waals surface area contributed by atoms with E-state index >= 15 is 0 Å². The number of ether oxygens (including phenoxy) is 1. The molecule has 30 heavy (non-hydrogen) atoms. The first-order valence-corrected chi connectivity index (χ1v) is 10.4. The summed E-state index contributed by atoms with van der Waals surface area (Å²) in [6.07, 6.45) is 0.182. The average Bonchev–Trinajstić information content (AvgIpc) is 2.78. The Kier molecular flexibility index (Phi) is 7.63. The molecular weight excluding hydrogens is 444 g/mol. The van der Waals surface area contributed by atoms with Crippen molar-refractivity contribution in [3.8, 4) is 5.75 Å². The lowest BCUT2D eigenvalue weighted by Crippen LogP contribution is -2.33. The Labute approximate surface area is 184 Å². The summed E-state index contributed by atoms with van der Waals surface area (Å²) in [4.78, 5) is 24.8. The van der Waals surface area contributed by atoms with Gasteiger partial charge in [-0.05, 0) is 47.5 Å². The first-order valence-electron chi connectivity index (χ1n) is 9.59. The lowest BCUT2D eigenvalue weighted by molar-refractivity contribution is -0.121. The van der Waals surface area contributed by atoms with Crippen LogP contribution >= 0.6 is 15.9 Å². The van der Waals surface area contributed by atoms with E-state index in [-0.39, 0.29) is 30.8 Å². The zero-order chi connectivity index (χ0) is 21.3. The molecule has 0 saturated carbocycles. The van der Waals surface area contributed by atoms with Gasteiger partial charge in [-0.25, -0.2) is 0 Å². The van der Waals surface area contributed by atoms with Gasteiger partial charge in [0.1, 0.15) is 5.75 Å². The van der Waals surface area contributed by atoms with E-state index in [4.69, 9.17) is 4.74 Å². The first-order chi connectivity index (χ1) is 14.6. The summed E-state index contributed by atoms with van der Waals surface area (Å²) in [6, 6.07) is 24.2. The Morgan fingerprint density at radius 2 is 1.53 bits per heavy atom.